The highest BCUT2D eigenvalue weighted by atomic mass is 16.5. The molecule has 1 amide bonds. The Morgan fingerprint density at radius 1 is 1.33 bits per heavy atom. The van der Waals surface area contributed by atoms with Crippen LogP contribution in [0.25, 0.3) is 0 Å². The van der Waals surface area contributed by atoms with Gasteiger partial charge in [0.05, 0.1) is 20.3 Å². The molecule has 1 aromatic rings. The largest absolute Gasteiger partial charge is 0.493 e. The fourth-order valence-corrected chi connectivity index (χ4v) is 2.63. The molecule has 1 fully saturated rings. The molecule has 0 saturated heterocycles. The van der Waals surface area contributed by atoms with Crippen LogP contribution in [0, 0.1) is 0 Å². The fraction of sp³-hybridized carbons (Fsp3) is 0.562. The summed E-state index contributed by atoms with van der Waals surface area (Å²) in [6.45, 7) is 1.95. The van der Waals surface area contributed by atoms with E-state index >= 15 is 0 Å². The first-order chi connectivity index (χ1) is 9.97. The normalized spacial score (nSPS) is 17.5. The smallest absolute Gasteiger partial charge is 0.222 e. The lowest BCUT2D eigenvalue weighted by Crippen LogP contribution is -2.50. The van der Waals surface area contributed by atoms with Crippen LogP contribution < -0.4 is 20.5 Å². The lowest BCUT2D eigenvalue weighted by molar-refractivity contribution is -0.123. The lowest BCUT2D eigenvalue weighted by atomic mass is 9.75. The first kappa shape index (κ1) is 15.6. The Morgan fingerprint density at radius 2 is 2.00 bits per heavy atom. The number of nitrogens with two attached hydrogens (primary N) is 1. The van der Waals surface area contributed by atoms with Crippen molar-refractivity contribution in [2.45, 2.75) is 44.2 Å². The van der Waals surface area contributed by atoms with E-state index in [0.717, 1.165) is 24.8 Å². The van der Waals surface area contributed by atoms with Crippen LogP contribution in [0.5, 0.6) is 11.5 Å². The maximum absolute atomic E-state index is 12.1. The Kier molecular flexibility index (Phi) is 4.73. The maximum atomic E-state index is 12.1. The molecule has 0 bridgehead atoms. The van der Waals surface area contributed by atoms with E-state index in [1.54, 1.807) is 14.2 Å². The summed E-state index contributed by atoms with van der Waals surface area (Å²) in [5.74, 6) is 1.33. The van der Waals surface area contributed by atoms with Crippen molar-refractivity contribution in [2.75, 3.05) is 14.2 Å². The quantitative estimate of drug-likeness (QED) is 0.842. The van der Waals surface area contributed by atoms with Crippen LogP contribution in [-0.2, 0) is 4.79 Å². The van der Waals surface area contributed by atoms with Gasteiger partial charge in [-0.15, -0.1) is 0 Å². The summed E-state index contributed by atoms with van der Waals surface area (Å²) in [5.41, 5.74) is 6.79. The summed E-state index contributed by atoms with van der Waals surface area (Å²) in [7, 11) is 3.20. The minimum Gasteiger partial charge on any atom is -0.493 e. The van der Waals surface area contributed by atoms with E-state index in [2.05, 4.69) is 5.32 Å². The molecular weight excluding hydrogens is 268 g/mol. The molecule has 0 aromatic heterocycles. The van der Waals surface area contributed by atoms with E-state index in [1.165, 1.54) is 0 Å². The first-order valence-corrected chi connectivity index (χ1v) is 7.27. The molecule has 1 saturated carbocycles. The second-order valence-electron chi connectivity index (χ2n) is 5.80. The highest BCUT2D eigenvalue weighted by molar-refractivity contribution is 5.77. The number of methoxy groups -OCH3 is 2. The predicted molar refractivity (Wildman–Crippen MR) is 81.5 cm³/mol. The summed E-state index contributed by atoms with van der Waals surface area (Å²) in [6, 6.07) is 5.55. The molecule has 2 rings (SSSR count). The highest BCUT2D eigenvalue weighted by Gasteiger charge is 2.34. The van der Waals surface area contributed by atoms with Gasteiger partial charge in [0.25, 0.3) is 0 Å². The highest BCUT2D eigenvalue weighted by Crippen LogP contribution is 2.33. The third-order valence-corrected chi connectivity index (χ3v) is 4.15. The van der Waals surface area contributed by atoms with Crippen LogP contribution in [0.1, 0.15) is 44.2 Å². The van der Waals surface area contributed by atoms with Gasteiger partial charge in [0.2, 0.25) is 5.91 Å². The van der Waals surface area contributed by atoms with E-state index in [9.17, 15) is 4.79 Å². The third kappa shape index (κ3) is 3.67. The zero-order valence-corrected chi connectivity index (χ0v) is 12.9. The van der Waals surface area contributed by atoms with Crippen LogP contribution in [0.2, 0.25) is 0 Å². The number of carbonyl (C=O) groups excluding carboxylic acids is 1. The number of ether oxygens (including phenoxy) is 2. The third-order valence-electron chi connectivity index (χ3n) is 4.15. The van der Waals surface area contributed by atoms with E-state index in [1.807, 2.05) is 25.1 Å². The van der Waals surface area contributed by atoms with Gasteiger partial charge in [0.1, 0.15) is 0 Å². The predicted octanol–water partition coefficient (Wildman–Crippen LogP) is 2.15. The molecule has 3 N–H and O–H groups in total. The average molecular weight is 292 g/mol. The zero-order chi connectivity index (χ0) is 15.5. The maximum Gasteiger partial charge on any atom is 0.222 e. The van der Waals surface area contributed by atoms with Crippen LogP contribution in [0.4, 0.5) is 0 Å². The van der Waals surface area contributed by atoms with Crippen molar-refractivity contribution >= 4 is 5.91 Å². The van der Waals surface area contributed by atoms with Crippen LogP contribution in [0.3, 0.4) is 0 Å². The number of hydrogen-bond acceptors (Lipinski definition) is 4. The van der Waals surface area contributed by atoms with E-state index < -0.39 is 0 Å². The monoisotopic (exact) mass is 292 g/mol. The van der Waals surface area contributed by atoms with Crippen molar-refractivity contribution in [1.29, 1.82) is 0 Å². The van der Waals surface area contributed by atoms with Crippen LogP contribution in [0.15, 0.2) is 18.2 Å². The molecule has 0 aliphatic heterocycles. The standard InChI is InChI=1S/C16H24N2O3/c1-11(18-15(19)10-16(17)7-4-8-16)12-5-6-13(20-2)14(9-12)21-3/h5-6,9,11H,4,7-8,10,17H2,1-3H3,(H,18,19). The van der Waals surface area contributed by atoms with Gasteiger partial charge in [0.15, 0.2) is 11.5 Å². The Bertz CT molecular complexity index is 512. The zero-order valence-electron chi connectivity index (χ0n) is 12.9. The molecule has 1 atom stereocenters. The fourth-order valence-electron chi connectivity index (χ4n) is 2.63. The molecule has 21 heavy (non-hydrogen) atoms. The minimum atomic E-state index is -0.290. The SMILES string of the molecule is COc1ccc(C(C)NC(=O)CC2(N)CCC2)cc1OC. The summed E-state index contributed by atoms with van der Waals surface area (Å²) < 4.78 is 10.5. The minimum absolute atomic E-state index is 0.000477. The molecule has 5 heteroatoms. The lowest BCUT2D eigenvalue weighted by Gasteiger charge is -2.37. The van der Waals surface area contributed by atoms with Crippen LogP contribution in [-0.4, -0.2) is 25.7 Å². The van der Waals surface area contributed by atoms with Crippen molar-refractivity contribution < 1.29 is 14.3 Å². The van der Waals surface area contributed by atoms with Crippen molar-refractivity contribution in [3.63, 3.8) is 0 Å². The number of carbonyl (C=O) groups is 1. The van der Waals surface area contributed by atoms with Gasteiger partial charge in [-0.3, -0.25) is 4.79 Å². The Balaban J connectivity index is 1.99. The molecule has 116 valence electrons. The van der Waals surface area contributed by atoms with Crippen molar-refractivity contribution in [3.8, 4) is 11.5 Å². The Morgan fingerprint density at radius 3 is 2.52 bits per heavy atom. The van der Waals surface area contributed by atoms with Gasteiger partial charge in [-0.2, -0.15) is 0 Å². The summed E-state index contributed by atoms with van der Waals surface area (Å²) in [4.78, 5) is 12.1. The molecule has 0 spiro atoms. The van der Waals surface area contributed by atoms with Gasteiger partial charge in [-0.1, -0.05) is 6.07 Å². The Hall–Kier alpha value is -1.75. The molecule has 5 nitrogen and oxygen atoms in total. The second kappa shape index (κ2) is 6.35. The first-order valence-electron chi connectivity index (χ1n) is 7.27. The second-order valence-corrected chi connectivity index (χ2v) is 5.80. The van der Waals surface area contributed by atoms with Gasteiger partial charge in [0, 0.05) is 12.0 Å². The van der Waals surface area contributed by atoms with Gasteiger partial charge in [-0.05, 0) is 43.9 Å². The van der Waals surface area contributed by atoms with E-state index in [-0.39, 0.29) is 17.5 Å². The topological polar surface area (TPSA) is 73.6 Å². The number of amides is 1. The number of nitrogens with one attached hydrogen (secondary N) is 1. The summed E-state index contributed by atoms with van der Waals surface area (Å²) >= 11 is 0. The molecule has 0 heterocycles. The van der Waals surface area contributed by atoms with E-state index in [4.69, 9.17) is 15.2 Å². The number of rotatable bonds is 6. The molecule has 1 aliphatic carbocycles. The number of benzene rings is 1. The summed E-state index contributed by atoms with van der Waals surface area (Å²) in [6.07, 6.45) is 3.38. The van der Waals surface area contributed by atoms with Crippen LogP contribution >= 0.6 is 0 Å². The molecule has 0 radical (unpaired) electrons. The number of hydrogen-bond donors (Lipinski definition) is 2. The van der Waals surface area contributed by atoms with E-state index in [0.29, 0.717) is 17.9 Å². The van der Waals surface area contributed by atoms with Gasteiger partial charge in [-0.25, -0.2) is 0 Å². The molecule has 1 unspecified atom stereocenters. The molecule has 1 aliphatic rings. The Labute approximate surface area is 125 Å². The average Bonchev–Trinajstić information content (AvgIpc) is 2.44. The van der Waals surface area contributed by atoms with Crippen molar-refractivity contribution in [2.24, 2.45) is 5.73 Å². The molecular formula is C16H24N2O3. The molecule has 1 aromatic carbocycles. The van der Waals surface area contributed by atoms with Crippen molar-refractivity contribution in [1.82, 2.24) is 5.32 Å². The van der Waals surface area contributed by atoms with Gasteiger partial charge < -0.3 is 20.5 Å². The summed E-state index contributed by atoms with van der Waals surface area (Å²) in [5, 5.41) is 2.99. The van der Waals surface area contributed by atoms with Crippen molar-refractivity contribution in [3.05, 3.63) is 23.8 Å². The van der Waals surface area contributed by atoms with Gasteiger partial charge >= 0.3 is 0 Å².